The van der Waals surface area contributed by atoms with Crippen LogP contribution in [0.4, 0.5) is 0 Å². The van der Waals surface area contributed by atoms with E-state index < -0.39 is 10.0 Å². The van der Waals surface area contributed by atoms with E-state index in [1.165, 1.54) is 17.8 Å². The fourth-order valence-corrected chi connectivity index (χ4v) is 5.31. The maximum atomic E-state index is 12.4. The van der Waals surface area contributed by atoms with E-state index in [4.69, 9.17) is 0 Å². The molecular weight excluding hydrogens is 256 g/mol. The number of thiophene rings is 1. The van der Waals surface area contributed by atoms with Crippen LogP contribution in [0.1, 0.15) is 19.3 Å². The lowest BCUT2D eigenvalue weighted by Gasteiger charge is -2.22. The molecule has 1 N–H and O–H groups in total. The van der Waals surface area contributed by atoms with E-state index in [1.54, 1.807) is 16.4 Å². The van der Waals surface area contributed by atoms with Gasteiger partial charge in [0.25, 0.3) is 10.0 Å². The van der Waals surface area contributed by atoms with Crippen molar-refractivity contribution in [3.63, 3.8) is 0 Å². The van der Waals surface area contributed by atoms with Crippen molar-refractivity contribution in [3.8, 4) is 0 Å². The van der Waals surface area contributed by atoms with Crippen molar-refractivity contribution < 1.29 is 8.42 Å². The first-order valence-electron chi connectivity index (χ1n) is 5.96. The number of fused-ring (bicyclic) bond motifs is 2. The summed E-state index contributed by atoms with van der Waals surface area (Å²) in [5.41, 5.74) is 0. The molecule has 94 valence electrons. The van der Waals surface area contributed by atoms with E-state index in [0.29, 0.717) is 29.4 Å². The molecule has 0 aromatic carbocycles. The van der Waals surface area contributed by atoms with Crippen molar-refractivity contribution in [2.75, 3.05) is 13.1 Å². The van der Waals surface area contributed by atoms with Crippen molar-refractivity contribution >= 4 is 21.4 Å². The minimum Gasteiger partial charge on any atom is -0.310 e. The van der Waals surface area contributed by atoms with Crippen LogP contribution >= 0.6 is 11.3 Å². The summed E-state index contributed by atoms with van der Waals surface area (Å²) in [7, 11) is -3.25. The molecule has 0 amide bonds. The smallest absolute Gasteiger partial charge is 0.252 e. The summed E-state index contributed by atoms with van der Waals surface area (Å²) in [5, 5.41) is 5.31. The zero-order valence-corrected chi connectivity index (χ0v) is 11.1. The minimum absolute atomic E-state index is 0.345. The van der Waals surface area contributed by atoms with Gasteiger partial charge in [-0.05, 0) is 30.7 Å². The highest BCUT2D eigenvalue weighted by atomic mass is 32.2. The Morgan fingerprint density at radius 2 is 2.12 bits per heavy atom. The molecule has 2 unspecified atom stereocenters. The zero-order valence-electron chi connectivity index (χ0n) is 9.50. The molecule has 2 aliphatic rings. The second-order valence-electron chi connectivity index (χ2n) is 4.72. The second-order valence-corrected chi connectivity index (χ2v) is 7.83. The van der Waals surface area contributed by atoms with Crippen molar-refractivity contribution in [2.45, 2.75) is 35.6 Å². The predicted molar refractivity (Wildman–Crippen MR) is 67.6 cm³/mol. The summed E-state index contributed by atoms with van der Waals surface area (Å²) in [4.78, 5) is 0. The molecule has 0 saturated carbocycles. The largest absolute Gasteiger partial charge is 0.310 e. The maximum absolute atomic E-state index is 12.4. The van der Waals surface area contributed by atoms with E-state index in [1.807, 2.05) is 5.38 Å². The summed E-state index contributed by atoms with van der Waals surface area (Å²) in [6.45, 7) is 1.27. The number of hydrogen-bond donors (Lipinski definition) is 1. The quantitative estimate of drug-likeness (QED) is 0.882. The molecular formula is C11H16N2O2S2. The first kappa shape index (κ1) is 11.6. The molecule has 3 rings (SSSR count). The Morgan fingerprint density at radius 1 is 1.29 bits per heavy atom. The van der Waals surface area contributed by atoms with Gasteiger partial charge in [0.15, 0.2) is 0 Å². The van der Waals surface area contributed by atoms with Gasteiger partial charge in [0.2, 0.25) is 0 Å². The van der Waals surface area contributed by atoms with Gasteiger partial charge in [-0.25, -0.2) is 8.42 Å². The van der Waals surface area contributed by atoms with Crippen molar-refractivity contribution in [1.29, 1.82) is 0 Å². The molecule has 2 bridgehead atoms. The Morgan fingerprint density at radius 3 is 2.88 bits per heavy atom. The molecule has 2 saturated heterocycles. The van der Waals surface area contributed by atoms with Crippen LogP contribution in [0.5, 0.6) is 0 Å². The van der Waals surface area contributed by atoms with Crippen LogP contribution in [0.15, 0.2) is 21.7 Å². The molecule has 2 atom stereocenters. The topological polar surface area (TPSA) is 49.4 Å². The SMILES string of the molecule is O=S(=O)(c1cccs1)N1CCC2CCC(C1)N2. The first-order valence-corrected chi connectivity index (χ1v) is 8.28. The maximum Gasteiger partial charge on any atom is 0.252 e. The van der Waals surface area contributed by atoms with Gasteiger partial charge in [0.1, 0.15) is 4.21 Å². The molecule has 17 heavy (non-hydrogen) atoms. The molecule has 6 heteroatoms. The lowest BCUT2D eigenvalue weighted by molar-refractivity contribution is 0.384. The molecule has 2 fully saturated rings. The summed E-state index contributed by atoms with van der Waals surface area (Å²) in [6.07, 6.45) is 3.22. The van der Waals surface area contributed by atoms with Crippen LogP contribution in [-0.4, -0.2) is 37.9 Å². The molecule has 0 radical (unpaired) electrons. The zero-order chi connectivity index (χ0) is 11.9. The van der Waals surface area contributed by atoms with Gasteiger partial charge in [-0.1, -0.05) is 6.07 Å². The lowest BCUT2D eigenvalue weighted by atomic mass is 10.1. The average molecular weight is 272 g/mol. The normalized spacial score (nSPS) is 30.4. The second kappa shape index (κ2) is 4.35. The molecule has 0 spiro atoms. The average Bonchev–Trinajstić information content (AvgIpc) is 2.87. The van der Waals surface area contributed by atoms with Crippen LogP contribution in [-0.2, 0) is 10.0 Å². The molecule has 1 aromatic rings. The monoisotopic (exact) mass is 272 g/mol. The van der Waals surface area contributed by atoms with Gasteiger partial charge in [-0.3, -0.25) is 0 Å². The van der Waals surface area contributed by atoms with Crippen LogP contribution in [0.2, 0.25) is 0 Å². The predicted octanol–water partition coefficient (Wildman–Crippen LogP) is 1.26. The Balaban J connectivity index is 1.85. The van der Waals surface area contributed by atoms with E-state index in [0.717, 1.165) is 12.8 Å². The van der Waals surface area contributed by atoms with Crippen LogP contribution < -0.4 is 5.32 Å². The molecule has 3 heterocycles. The van der Waals surface area contributed by atoms with Crippen LogP contribution in [0, 0.1) is 0 Å². The van der Waals surface area contributed by atoms with Crippen LogP contribution in [0.25, 0.3) is 0 Å². The molecule has 0 aliphatic carbocycles. The van der Waals surface area contributed by atoms with Crippen LogP contribution in [0.3, 0.4) is 0 Å². The number of hydrogen-bond acceptors (Lipinski definition) is 4. The van der Waals surface area contributed by atoms with Gasteiger partial charge < -0.3 is 5.32 Å². The van der Waals surface area contributed by atoms with E-state index in [9.17, 15) is 8.42 Å². The third kappa shape index (κ3) is 2.14. The number of nitrogens with zero attached hydrogens (tertiary/aromatic N) is 1. The van der Waals surface area contributed by atoms with Gasteiger partial charge in [0, 0.05) is 25.2 Å². The standard InChI is InChI=1S/C11H16N2O2S2/c14-17(15,11-2-1-7-16-11)13-6-5-9-3-4-10(8-13)12-9/h1-2,7,9-10,12H,3-6,8H2. The van der Waals surface area contributed by atoms with Crippen molar-refractivity contribution in [2.24, 2.45) is 0 Å². The van der Waals surface area contributed by atoms with Gasteiger partial charge in [-0.15, -0.1) is 11.3 Å². The highest BCUT2D eigenvalue weighted by molar-refractivity contribution is 7.91. The minimum atomic E-state index is -3.25. The number of sulfonamides is 1. The number of rotatable bonds is 2. The van der Waals surface area contributed by atoms with Crippen molar-refractivity contribution in [3.05, 3.63) is 17.5 Å². The van der Waals surface area contributed by atoms with Crippen molar-refractivity contribution in [1.82, 2.24) is 9.62 Å². The van der Waals surface area contributed by atoms with E-state index in [2.05, 4.69) is 5.32 Å². The lowest BCUT2D eigenvalue weighted by Crippen LogP contribution is -2.38. The van der Waals surface area contributed by atoms with E-state index in [-0.39, 0.29) is 0 Å². The third-order valence-corrected chi connectivity index (χ3v) is 6.81. The van der Waals surface area contributed by atoms with Gasteiger partial charge >= 0.3 is 0 Å². The van der Waals surface area contributed by atoms with Gasteiger partial charge in [-0.2, -0.15) is 4.31 Å². The summed E-state index contributed by atoms with van der Waals surface area (Å²) >= 11 is 1.30. The summed E-state index contributed by atoms with van der Waals surface area (Å²) in [5.74, 6) is 0. The summed E-state index contributed by atoms with van der Waals surface area (Å²) in [6, 6.07) is 4.34. The molecule has 1 aromatic heterocycles. The van der Waals surface area contributed by atoms with E-state index >= 15 is 0 Å². The fraction of sp³-hybridized carbons (Fsp3) is 0.636. The third-order valence-electron chi connectivity index (χ3n) is 3.58. The summed E-state index contributed by atoms with van der Waals surface area (Å²) < 4.78 is 26.9. The van der Waals surface area contributed by atoms with Gasteiger partial charge in [0.05, 0.1) is 0 Å². The highest BCUT2D eigenvalue weighted by Gasteiger charge is 2.35. The first-order chi connectivity index (χ1) is 8.16. The Labute approximate surface area is 106 Å². The Hall–Kier alpha value is -0.430. The molecule has 4 nitrogen and oxygen atoms in total. The molecule has 2 aliphatic heterocycles. The Kier molecular flexibility index (Phi) is 2.98. The number of nitrogens with one attached hydrogen (secondary N) is 1. The fourth-order valence-electron chi connectivity index (χ4n) is 2.67. The highest BCUT2D eigenvalue weighted by Crippen LogP contribution is 2.26. The Bertz CT molecular complexity index is 484.